The summed E-state index contributed by atoms with van der Waals surface area (Å²) in [5.41, 5.74) is 1.58. The van der Waals surface area contributed by atoms with Gasteiger partial charge in [-0.15, -0.1) is 0 Å². The lowest BCUT2D eigenvalue weighted by Crippen LogP contribution is -2.51. The van der Waals surface area contributed by atoms with Crippen molar-refractivity contribution in [1.29, 1.82) is 0 Å². The summed E-state index contributed by atoms with van der Waals surface area (Å²) < 4.78 is 26.0. The van der Waals surface area contributed by atoms with E-state index in [0.29, 0.717) is 18.5 Å². The number of benzene rings is 2. The SMILES string of the molecule is Cc1ccc(S(=O)(=O)C2CCN(C=O)[C@H](C(=O)Nc3ccccc3)C2)cc1. The lowest BCUT2D eigenvalue weighted by atomic mass is 10.0. The Kier molecular flexibility index (Phi) is 5.60. The molecule has 1 saturated heterocycles. The molecule has 1 fully saturated rings. The number of carbonyl (C=O) groups is 2. The second-order valence-corrected chi connectivity index (χ2v) is 8.95. The number of carbonyl (C=O) groups excluding carboxylic acids is 2. The van der Waals surface area contributed by atoms with E-state index in [4.69, 9.17) is 0 Å². The summed E-state index contributed by atoms with van der Waals surface area (Å²) in [6.07, 6.45) is 1.00. The van der Waals surface area contributed by atoms with Gasteiger partial charge in [0, 0.05) is 12.2 Å². The Balaban J connectivity index is 1.80. The smallest absolute Gasteiger partial charge is 0.247 e. The predicted octanol–water partition coefficient (Wildman–Crippen LogP) is 2.40. The third-order valence-corrected chi connectivity index (χ3v) is 7.10. The van der Waals surface area contributed by atoms with E-state index in [1.54, 1.807) is 48.5 Å². The highest BCUT2D eigenvalue weighted by Gasteiger charge is 2.39. The van der Waals surface area contributed by atoms with Gasteiger partial charge in [-0.05, 0) is 44.0 Å². The van der Waals surface area contributed by atoms with Crippen molar-refractivity contribution in [2.24, 2.45) is 0 Å². The molecule has 1 N–H and O–H groups in total. The van der Waals surface area contributed by atoms with Crippen molar-refractivity contribution in [3.05, 3.63) is 60.2 Å². The molecule has 0 saturated carbocycles. The molecule has 7 heteroatoms. The molecule has 142 valence electrons. The van der Waals surface area contributed by atoms with Gasteiger partial charge in [-0.1, -0.05) is 35.9 Å². The first-order valence-electron chi connectivity index (χ1n) is 8.79. The average molecular weight is 386 g/mol. The molecule has 0 aliphatic carbocycles. The normalized spacial score (nSPS) is 20.1. The monoisotopic (exact) mass is 386 g/mol. The molecule has 2 atom stereocenters. The zero-order chi connectivity index (χ0) is 19.4. The average Bonchev–Trinajstić information content (AvgIpc) is 2.68. The lowest BCUT2D eigenvalue weighted by Gasteiger charge is -2.35. The minimum absolute atomic E-state index is 0.0770. The molecule has 1 unspecified atom stereocenters. The van der Waals surface area contributed by atoms with Crippen molar-refractivity contribution in [2.45, 2.75) is 36.0 Å². The highest BCUT2D eigenvalue weighted by atomic mass is 32.2. The van der Waals surface area contributed by atoms with Gasteiger partial charge >= 0.3 is 0 Å². The number of sulfone groups is 1. The number of nitrogens with zero attached hydrogens (tertiary/aromatic N) is 1. The van der Waals surface area contributed by atoms with Gasteiger partial charge in [0.05, 0.1) is 10.1 Å². The molecule has 0 radical (unpaired) electrons. The molecule has 2 aromatic carbocycles. The van der Waals surface area contributed by atoms with Crippen LogP contribution in [-0.4, -0.2) is 43.5 Å². The largest absolute Gasteiger partial charge is 0.333 e. The summed E-state index contributed by atoms with van der Waals surface area (Å²) in [7, 11) is -3.57. The summed E-state index contributed by atoms with van der Waals surface area (Å²) in [5.74, 6) is -0.378. The van der Waals surface area contributed by atoms with Crippen LogP contribution in [0.5, 0.6) is 0 Å². The van der Waals surface area contributed by atoms with Crippen LogP contribution in [0.2, 0.25) is 0 Å². The van der Waals surface area contributed by atoms with Gasteiger partial charge in [0.2, 0.25) is 12.3 Å². The van der Waals surface area contributed by atoms with Crippen molar-refractivity contribution < 1.29 is 18.0 Å². The Bertz CT molecular complexity index is 911. The minimum Gasteiger partial charge on any atom is -0.333 e. The van der Waals surface area contributed by atoms with Crippen molar-refractivity contribution in [2.75, 3.05) is 11.9 Å². The highest BCUT2D eigenvalue weighted by Crippen LogP contribution is 2.28. The van der Waals surface area contributed by atoms with E-state index in [1.165, 1.54) is 4.90 Å². The molecular formula is C20H22N2O4S. The van der Waals surface area contributed by atoms with Crippen LogP contribution in [0.25, 0.3) is 0 Å². The van der Waals surface area contributed by atoms with E-state index in [9.17, 15) is 18.0 Å². The molecule has 1 heterocycles. The fourth-order valence-corrected chi connectivity index (χ4v) is 5.04. The van der Waals surface area contributed by atoms with Crippen LogP contribution in [0, 0.1) is 6.92 Å². The Morgan fingerprint density at radius 1 is 1.11 bits per heavy atom. The molecule has 2 aromatic rings. The lowest BCUT2D eigenvalue weighted by molar-refractivity contribution is -0.131. The molecule has 27 heavy (non-hydrogen) atoms. The zero-order valence-corrected chi connectivity index (χ0v) is 15.9. The van der Waals surface area contributed by atoms with Crippen LogP contribution in [0.15, 0.2) is 59.5 Å². The van der Waals surface area contributed by atoms with Crippen molar-refractivity contribution in [3.8, 4) is 0 Å². The molecular weight excluding hydrogens is 364 g/mol. The van der Waals surface area contributed by atoms with Crippen molar-refractivity contribution >= 4 is 27.8 Å². The van der Waals surface area contributed by atoms with Crippen LogP contribution < -0.4 is 5.32 Å². The number of hydrogen-bond donors (Lipinski definition) is 1. The third kappa shape index (κ3) is 4.19. The number of likely N-dealkylation sites (tertiary alicyclic amines) is 1. The Morgan fingerprint density at radius 3 is 2.41 bits per heavy atom. The van der Waals surface area contributed by atoms with Crippen LogP contribution >= 0.6 is 0 Å². The maximum Gasteiger partial charge on any atom is 0.247 e. The molecule has 0 spiro atoms. The van der Waals surface area contributed by atoms with Crippen LogP contribution in [0.3, 0.4) is 0 Å². The number of aryl methyl sites for hydroxylation is 1. The second kappa shape index (κ2) is 7.92. The minimum atomic E-state index is -3.57. The number of nitrogens with one attached hydrogen (secondary N) is 1. The van der Waals surface area contributed by atoms with Crippen LogP contribution in [-0.2, 0) is 19.4 Å². The van der Waals surface area contributed by atoms with Gasteiger partial charge in [-0.25, -0.2) is 8.42 Å². The number of amides is 2. The topological polar surface area (TPSA) is 83.6 Å². The first-order chi connectivity index (χ1) is 12.9. The molecule has 0 aromatic heterocycles. The molecule has 0 bridgehead atoms. The number of anilines is 1. The van der Waals surface area contributed by atoms with Gasteiger partial charge < -0.3 is 10.2 Å². The number of para-hydroxylation sites is 1. The van der Waals surface area contributed by atoms with Crippen LogP contribution in [0.1, 0.15) is 18.4 Å². The summed E-state index contributed by atoms with van der Waals surface area (Å²) in [4.78, 5) is 25.7. The summed E-state index contributed by atoms with van der Waals surface area (Å²) in [6.45, 7) is 2.12. The first kappa shape index (κ1) is 19.1. The molecule has 1 aliphatic rings. The summed E-state index contributed by atoms with van der Waals surface area (Å²) in [5, 5.41) is 2.06. The Hall–Kier alpha value is -2.67. The first-order valence-corrected chi connectivity index (χ1v) is 10.3. The van der Waals surface area contributed by atoms with Gasteiger partial charge in [-0.2, -0.15) is 0 Å². The van der Waals surface area contributed by atoms with E-state index >= 15 is 0 Å². The van der Waals surface area contributed by atoms with E-state index in [0.717, 1.165) is 5.56 Å². The predicted molar refractivity (Wildman–Crippen MR) is 103 cm³/mol. The van der Waals surface area contributed by atoms with E-state index in [2.05, 4.69) is 5.32 Å². The Morgan fingerprint density at radius 2 is 1.78 bits per heavy atom. The summed E-state index contributed by atoms with van der Waals surface area (Å²) >= 11 is 0. The van der Waals surface area contributed by atoms with Gasteiger partial charge in [0.15, 0.2) is 9.84 Å². The maximum atomic E-state index is 13.0. The van der Waals surface area contributed by atoms with Gasteiger partial charge in [0.25, 0.3) is 0 Å². The zero-order valence-electron chi connectivity index (χ0n) is 15.0. The van der Waals surface area contributed by atoms with Gasteiger partial charge in [0.1, 0.15) is 6.04 Å². The highest BCUT2D eigenvalue weighted by molar-refractivity contribution is 7.92. The fraction of sp³-hybridized carbons (Fsp3) is 0.300. The standard InChI is InChI=1S/C20H22N2O4S/c1-15-7-9-17(10-8-15)27(25,26)18-11-12-22(14-23)19(13-18)20(24)21-16-5-3-2-4-6-16/h2-10,14,18-19H,11-13H2,1H3,(H,21,24)/t18?,19-/m0/s1. The summed E-state index contributed by atoms with van der Waals surface area (Å²) in [6, 6.07) is 14.8. The maximum absolute atomic E-state index is 13.0. The second-order valence-electron chi connectivity index (χ2n) is 6.72. The van der Waals surface area contributed by atoms with E-state index in [1.807, 2.05) is 13.0 Å². The number of hydrogen-bond acceptors (Lipinski definition) is 4. The number of rotatable bonds is 5. The molecule has 3 rings (SSSR count). The molecule has 6 nitrogen and oxygen atoms in total. The molecule has 1 aliphatic heterocycles. The molecule has 2 amide bonds. The fourth-order valence-electron chi connectivity index (χ4n) is 3.28. The quantitative estimate of drug-likeness (QED) is 0.800. The van der Waals surface area contributed by atoms with Crippen LogP contribution in [0.4, 0.5) is 5.69 Å². The van der Waals surface area contributed by atoms with Crippen molar-refractivity contribution in [1.82, 2.24) is 4.90 Å². The third-order valence-electron chi connectivity index (χ3n) is 4.86. The van der Waals surface area contributed by atoms with E-state index in [-0.39, 0.29) is 23.8 Å². The van der Waals surface area contributed by atoms with Crippen molar-refractivity contribution in [3.63, 3.8) is 0 Å². The number of piperidine rings is 1. The van der Waals surface area contributed by atoms with E-state index < -0.39 is 21.1 Å². The van der Waals surface area contributed by atoms with Gasteiger partial charge in [-0.3, -0.25) is 9.59 Å². The Labute approximate surface area is 159 Å².